The van der Waals surface area contributed by atoms with Crippen LogP contribution in [-0.2, 0) is 11.3 Å². The number of amides is 1. The molecule has 2 aromatic rings. The SMILES string of the molecule is COc1cc(NC(=O)CCn2nc(C)cc2C)cc([N+](=O)[O-])c1. The first kappa shape index (κ1) is 16.5. The molecule has 1 aromatic carbocycles. The van der Waals surface area contributed by atoms with Crippen LogP contribution in [0.5, 0.6) is 5.75 Å². The maximum atomic E-state index is 12.0. The monoisotopic (exact) mass is 318 g/mol. The van der Waals surface area contributed by atoms with Crippen LogP contribution in [0.1, 0.15) is 17.8 Å². The normalized spacial score (nSPS) is 10.4. The molecular weight excluding hydrogens is 300 g/mol. The van der Waals surface area contributed by atoms with Gasteiger partial charge in [-0.05, 0) is 19.9 Å². The predicted molar refractivity (Wildman–Crippen MR) is 84.6 cm³/mol. The maximum absolute atomic E-state index is 12.0. The van der Waals surface area contributed by atoms with Crippen LogP contribution >= 0.6 is 0 Å². The molecule has 2 rings (SSSR count). The fourth-order valence-corrected chi connectivity index (χ4v) is 2.21. The van der Waals surface area contributed by atoms with Crippen LogP contribution in [0.3, 0.4) is 0 Å². The topological polar surface area (TPSA) is 99.3 Å². The predicted octanol–water partition coefficient (Wildman–Crippen LogP) is 2.45. The van der Waals surface area contributed by atoms with E-state index in [0.29, 0.717) is 18.0 Å². The van der Waals surface area contributed by atoms with Crippen molar-refractivity contribution in [1.29, 1.82) is 0 Å². The van der Waals surface area contributed by atoms with E-state index >= 15 is 0 Å². The molecule has 122 valence electrons. The van der Waals surface area contributed by atoms with Crippen molar-refractivity contribution < 1.29 is 14.5 Å². The highest BCUT2D eigenvalue weighted by Gasteiger charge is 2.12. The second-order valence-electron chi connectivity index (χ2n) is 5.13. The van der Waals surface area contributed by atoms with E-state index in [9.17, 15) is 14.9 Å². The summed E-state index contributed by atoms with van der Waals surface area (Å²) in [5, 5.41) is 17.8. The Balaban J connectivity index is 2.03. The number of carbonyl (C=O) groups is 1. The number of nitro groups is 1. The fourth-order valence-electron chi connectivity index (χ4n) is 2.21. The van der Waals surface area contributed by atoms with E-state index < -0.39 is 4.92 Å². The minimum atomic E-state index is -0.534. The molecule has 1 heterocycles. The van der Waals surface area contributed by atoms with Crippen molar-refractivity contribution in [3.05, 3.63) is 45.8 Å². The Morgan fingerprint density at radius 3 is 2.65 bits per heavy atom. The average Bonchev–Trinajstić information content (AvgIpc) is 2.82. The van der Waals surface area contributed by atoms with Gasteiger partial charge in [0.15, 0.2) is 0 Å². The second-order valence-corrected chi connectivity index (χ2v) is 5.13. The van der Waals surface area contributed by atoms with Crippen molar-refractivity contribution in [2.75, 3.05) is 12.4 Å². The Morgan fingerprint density at radius 2 is 2.09 bits per heavy atom. The van der Waals surface area contributed by atoms with E-state index in [1.807, 2.05) is 19.9 Å². The quantitative estimate of drug-likeness (QED) is 0.651. The van der Waals surface area contributed by atoms with E-state index in [0.717, 1.165) is 11.4 Å². The molecule has 0 unspecified atom stereocenters. The second kappa shape index (κ2) is 6.91. The number of hydrogen-bond acceptors (Lipinski definition) is 5. The summed E-state index contributed by atoms with van der Waals surface area (Å²) >= 11 is 0. The van der Waals surface area contributed by atoms with E-state index in [4.69, 9.17) is 4.74 Å². The highest BCUT2D eigenvalue weighted by atomic mass is 16.6. The Bertz CT molecular complexity index is 739. The Hall–Kier alpha value is -2.90. The lowest BCUT2D eigenvalue weighted by Crippen LogP contribution is -2.15. The molecule has 1 amide bonds. The van der Waals surface area contributed by atoms with Gasteiger partial charge in [-0.1, -0.05) is 0 Å². The van der Waals surface area contributed by atoms with E-state index in [1.165, 1.54) is 25.3 Å². The van der Waals surface area contributed by atoms with Crippen LogP contribution in [0.25, 0.3) is 0 Å². The summed E-state index contributed by atoms with van der Waals surface area (Å²) in [5.74, 6) is 0.0631. The average molecular weight is 318 g/mol. The number of nitrogens with one attached hydrogen (secondary N) is 1. The lowest BCUT2D eigenvalue weighted by Gasteiger charge is -2.08. The first-order chi connectivity index (χ1) is 10.9. The number of non-ortho nitro benzene ring substituents is 1. The first-order valence-corrected chi connectivity index (χ1v) is 7.03. The molecule has 0 saturated heterocycles. The van der Waals surface area contributed by atoms with Gasteiger partial charge in [-0.3, -0.25) is 19.6 Å². The molecule has 0 aliphatic rings. The minimum absolute atomic E-state index is 0.141. The summed E-state index contributed by atoms with van der Waals surface area (Å²) in [6.45, 7) is 4.25. The Labute approximate surface area is 133 Å². The van der Waals surface area contributed by atoms with Crippen LogP contribution in [0.2, 0.25) is 0 Å². The first-order valence-electron chi connectivity index (χ1n) is 7.03. The zero-order valence-electron chi connectivity index (χ0n) is 13.2. The number of carbonyl (C=O) groups excluding carboxylic acids is 1. The number of nitro benzene ring substituents is 1. The number of methoxy groups -OCH3 is 1. The van der Waals surface area contributed by atoms with Crippen molar-refractivity contribution in [3.63, 3.8) is 0 Å². The number of aryl methyl sites for hydroxylation is 3. The van der Waals surface area contributed by atoms with Crippen LogP contribution < -0.4 is 10.1 Å². The van der Waals surface area contributed by atoms with Crippen molar-refractivity contribution in [2.45, 2.75) is 26.8 Å². The molecule has 23 heavy (non-hydrogen) atoms. The molecule has 0 aliphatic heterocycles. The molecule has 0 atom stereocenters. The molecule has 8 heteroatoms. The summed E-state index contributed by atoms with van der Waals surface area (Å²) in [6.07, 6.45) is 0.215. The molecule has 0 spiro atoms. The van der Waals surface area contributed by atoms with Crippen LogP contribution in [-0.4, -0.2) is 27.7 Å². The van der Waals surface area contributed by atoms with Gasteiger partial charge >= 0.3 is 0 Å². The van der Waals surface area contributed by atoms with Gasteiger partial charge < -0.3 is 10.1 Å². The molecule has 8 nitrogen and oxygen atoms in total. The third kappa shape index (κ3) is 4.29. The standard InChI is InChI=1S/C15H18N4O4/c1-10-6-11(2)18(17-10)5-4-15(20)16-12-7-13(19(21)22)9-14(8-12)23-3/h6-9H,4-5H2,1-3H3,(H,16,20). The van der Waals surface area contributed by atoms with Crippen LogP contribution in [0.4, 0.5) is 11.4 Å². The van der Waals surface area contributed by atoms with Gasteiger partial charge in [0, 0.05) is 30.8 Å². The van der Waals surface area contributed by atoms with Gasteiger partial charge in [0.05, 0.1) is 29.5 Å². The molecule has 0 radical (unpaired) electrons. The van der Waals surface area contributed by atoms with Crippen molar-refractivity contribution in [3.8, 4) is 5.75 Å². The van der Waals surface area contributed by atoms with Gasteiger partial charge in [0.2, 0.25) is 5.91 Å². The zero-order valence-corrected chi connectivity index (χ0v) is 13.2. The lowest BCUT2D eigenvalue weighted by molar-refractivity contribution is -0.384. The van der Waals surface area contributed by atoms with Crippen molar-refractivity contribution in [2.24, 2.45) is 0 Å². The summed E-state index contributed by atoms with van der Waals surface area (Å²) in [6, 6.07) is 6.06. The van der Waals surface area contributed by atoms with Crippen LogP contribution in [0, 0.1) is 24.0 Å². The van der Waals surface area contributed by atoms with Gasteiger partial charge in [-0.25, -0.2) is 0 Å². The molecule has 1 N–H and O–H groups in total. The minimum Gasteiger partial charge on any atom is -0.496 e. The number of nitrogens with zero attached hydrogens (tertiary/aromatic N) is 3. The highest BCUT2D eigenvalue weighted by Crippen LogP contribution is 2.25. The number of rotatable bonds is 6. The summed E-state index contributed by atoms with van der Waals surface area (Å²) in [7, 11) is 1.41. The summed E-state index contributed by atoms with van der Waals surface area (Å²) in [5.41, 5.74) is 2.06. The van der Waals surface area contributed by atoms with Crippen molar-refractivity contribution >= 4 is 17.3 Å². The van der Waals surface area contributed by atoms with E-state index in [1.54, 1.807) is 4.68 Å². The van der Waals surface area contributed by atoms with Crippen LogP contribution in [0.15, 0.2) is 24.3 Å². The lowest BCUT2D eigenvalue weighted by atomic mass is 10.2. The molecule has 0 aliphatic carbocycles. The molecule has 0 fully saturated rings. The molecular formula is C15H18N4O4. The third-order valence-electron chi connectivity index (χ3n) is 3.28. The van der Waals surface area contributed by atoms with Crippen molar-refractivity contribution in [1.82, 2.24) is 9.78 Å². The van der Waals surface area contributed by atoms with Gasteiger partial charge in [-0.15, -0.1) is 0 Å². The molecule has 0 bridgehead atoms. The third-order valence-corrected chi connectivity index (χ3v) is 3.28. The number of anilines is 1. The van der Waals surface area contributed by atoms with Gasteiger partial charge in [-0.2, -0.15) is 5.10 Å². The zero-order chi connectivity index (χ0) is 17.0. The summed E-state index contributed by atoms with van der Waals surface area (Å²) in [4.78, 5) is 22.4. The Kier molecular flexibility index (Phi) is 4.95. The van der Waals surface area contributed by atoms with Gasteiger partial charge in [0.25, 0.3) is 5.69 Å². The Morgan fingerprint density at radius 1 is 1.35 bits per heavy atom. The fraction of sp³-hybridized carbons (Fsp3) is 0.333. The number of ether oxygens (including phenoxy) is 1. The number of benzene rings is 1. The largest absolute Gasteiger partial charge is 0.496 e. The maximum Gasteiger partial charge on any atom is 0.275 e. The molecule has 1 aromatic heterocycles. The number of aromatic nitrogens is 2. The summed E-state index contributed by atoms with van der Waals surface area (Å²) < 4.78 is 6.76. The molecule has 0 saturated carbocycles. The van der Waals surface area contributed by atoms with E-state index in [-0.39, 0.29) is 18.0 Å². The number of hydrogen-bond donors (Lipinski definition) is 1. The van der Waals surface area contributed by atoms with Gasteiger partial charge in [0.1, 0.15) is 5.75 Å². The smallest absolute Gasteiger partial charge is 0.275 e. The highest BCUT2D eigenvalue weighted by molar-refractivity contribution is 5.91. The van der Waals surface area contributed by atoms with E-state index in [2.05, 4.69) is 10.4 Å².